The Bertz CT molecular complexity index is 194. The summed E-state index contributed by atoms with van der Waals surface area (Å²) in [6.07, 6.45) is 2.76. The molecule has 0 aromatic carbocycles. The van der Waals surface area contributed by atoms with Gasteiger partial charge in [0, 0.05) is 37.2 Å². The molecule has 2 fully saturated rings. The second-order valence-electron chi connectivity index (χ2n) is 5.72. The van der Waals surface area contributed by atoms with Crippen LogP contribution in [0, 0.1) is 11.8 Å². The Morgan fingerprint density at radius 3 is 2.62 bits per heavy atom. The van der Waals surface area contributed by atoms with E-state index in [0.29, 0.717) is 0 Å². The first-order valence-corrected chi connectivity index (χ1v) is 7.93. The zero-order valence-corrected chi connectivity index (χ0v) is 11.6. The van der Waals surface area contributed by atoms with Gasteiger partial charge < -0.3 is 10.2 Å². The molecule has 2 aliphatic heterocycles. The van der Waals surface area contributed by atoms with Crippen molar-refractivity contribution in [2.45, 2.75) is 32.7 Å². The molecule has 0 radical (unpaired) electrons. The molecule has 0 aliphatic carbocycles. The van der Waals surface area contributed by atoms with E-state index in [1.54, 1.807) is 0 Å². The fourth-order valence-corrected chi connectivity index (χ4v) is 4.12. The number of thioether (sulfide) groups is 1. The van der Waals surface area contributed by atoms with Crippen molar-refractivity contribution in [3.8, 4) is 0 Å². The van der Waals surface area contributed by atoms with Gasteiger partial charge >= 0.3 is 0 Å². The summed E-state index contributed by atoms with van der Waals surface area (Å²) in [5.74, 6) is 4.42. The molecule has 94 valence electrons. The van der Waals surface area contributed by atoms with Gasteiger partial charge in [-0.25, -0.2) is 0 Å². The quantitative estimate of drug-likeness (QED) is 0.815. The first-order chi connectivity index (χ1) is 7.74. The summed E-state index contributed by atoms with van der Waals surface area (Å²) >= 11 is 2.11. The number of hydrogen-bond donors (Lipinski definition) is 1. The fourth-order valence-electron chi connectivity index (χ4n) is 3.12. The van der Waals surface area contributed by atoms with Crippen molar-refractivity contribution < 1.29 is 0 Å². The summed E-state index contributed by atoms with van der Waals surface area (Å²) in [6.45, 7) is 9.96. The van der Waals surface area contributed by atoms with E-state index in [0.717, 1.165) is 17.9 Å². The maximum Gasteiger partial charge on any atom is 0.0170 e. The number of hydrogen-bond acceptors (Lipinski definition) is 3. The molecule has 0 amide bonds. The third-order valence-electron chi connectivity index (χ3n) is 3.74. The summed E-state index contributed by atoms with van der Waals surface area (Å²) in [4.78, 5) is 2.68. The average molecular weight is 242 g/mol. The molecule has 2 aliphatic rings. The molecule has 1 N–H and O–H groups in total. The van der Waals surface area contributed by atoms with Gasteiger partial charge in [0.15, 0.2) is 0 Å². The van der Waals surface area contributed by atoms with Crippen molar-refractivity contribution in [1.29, 1.82) is 0 Å². The highest BCUT2D eigenvalue weighted by molar-refractivity contribution is 7.99. The Kier molecular flexibility index (Phi) is 4.98. The minimum Gasteiger partial charge on any atom is -0.312 e. The topological polar surface area (TPSA) is 15.3 Å². The second kappa shape index (κ2) is 6.27. The molecule has 0 spiro atoms. The Balaban J connectivity index is 1.68. The Morgan fingerprint density at radius 1 is 1.25 bits per heavy atom. The van der Waals surface area contributed by atoms with E-state index < -0.39 is 0 Å². The highest BCUT2D eigenvalue weighted by Gasteiger charge is 2.22. The summed E-state index contributed by atoms with van der Waals surface area (Å²) in [5, 5.41) is 3.63. The Morgan fingerprint density at radius 2 is 2.00 bits per heavy atom. The van der Waals surface area contributed by atoms with Crippen LogP contribution in [0.15, 0.2) is 0 Å². The van der Waals surface area contributed by atoms with Crippen LogP contribution in [-0.4, -0.2) is 48.6 Å². The molecule has 0 bridgehead atoms. The van der Waals surface area contributed by atoms with Crippen molar-refractivity contribution in [3.63, 3.8) is 0 Å². The lowest BCUT2D eigenvalue weighted by Gasteiger charge is -2.36. The van der Waals surface area contributed by atoms with Gasteiger partial charge in [0.25, 0.3) is 0 Å². The lowest BCUT2D eigenvalue weighted by Crippen LogP contribution is -2.43. The zero-order valence-electron chi connectivity index (χ0n) is 10.7. The third kappa shape index (κ3) is 3.94. The van der Waals surface area contributed by atoms with Crippen LogP contribution in [-0.2, 0) is 0 Å². The SMILES string of the molecule is CC1CC(C)CN(CCC2CSCCN2)C1. The predicted octanol–water partition coefficient (Wildman–Crippen LogP) is 2.06. The van der Waals surface area contributed by atoms with Gasteiger partial charge in [0.2, 0.25) is 0 Å². The summed E-state index contributed by atoms with van der Waals surface area (Å²) < 4.78 is 0. The van der Waals surface area contributed by atoms with Crippen molar-refractivity contribution in [2.24, 2.45) is 11.8 Å². The van der Waals surface area contributed by atoms with E-state index >= 15 is 0 Å². The van der Waals surface area contributed by atoms with Gasteiger partial charge in [0.1, 0.15) is 0 Å². The molecule has 3 unspecified atom stereocenters. The van der Waals surface area contributed by atoms with Crippen LogP contribution in [0.5, 0.6) is 0 Å². The van der Waals surface area contributed by atoms with E-state index in [1.165, 1.54) is 50.5 Å². The number of nitrogens with zero attached hydrogens (tertiary/aromatic N) is 1. The first kappa shape index (κ1) is 12.7. The highest BCUT2D eigenvalue weighted by atomic mass is 32.2. The van der Waals surface area contributed by atoms with Gasteiger partial charge in [-0.05, 0) is 31.2 Å². The molecule has 0 saturated carbocycles. The molecule has 3 heteroatoms. The van der Waals surface area contributed by atoms with Gasteiger partial charge in [-0.2, -0.15) is 11.8 Å². The predicted molar refractivity (Wildman–Crippen MR) is 73.1 cm³/mol. The fraction of sp³-hybridized carbons (Fsp3) is 1.00. The molecule has 0 aromatic heterocycles. The highest BCUT2D eigenvalue weighted by Crippen LogP contribution is 2.21. The summed E-state index contributed by atoms with van der Waals surface area (Å²) in [7, 11) is 0. The van der Waals surface area contributed by atoms with Gasteiger partial charge in [-0.1, -0.05) is 13.8 Å². The van der Waals surface area contributed by atoms with E-state index in [2.05, 4.69) is 35.8 Å². The normalized spacial score (nSPS) is 37.5. The minimum atomic E-state index is 0.770. The van der Waals surface area contributed by atoms with Crippen molar-refractivity contribution in [3.05, 3.63) is 0 Å². The van der Waals surface area contributed by atoms with Gasteiger partial charge in [-0.3, -0.25) is 0 Å². The summed E-state index contributed by atoms with van der Waals surface area (Å²) in [6, 6.07) is 0.770. The zero-order chi connectivity index (χ0) is 11.4. The molecule has 16 heavy (non-hydrogen) atoms. The van der Waals surface area contributed by atoms with Crippen LogP contribution in [0.25, 0.3) is 0 Å². The minimum absolute atomic E-state index is 0.770. The van der Waals surface area contributed by atoms with E-state index in [-0.39, 0.29) is 0 Å². The molecular formula is C13H26N2S. The third-order valence-corrected chi connectivity index (χ3v) is 4.87. The smallest absolute Gasteiger partial charge is 0.0170 e. The first-order valence-electron chi connectivity index (χ1n) is 6.77. The lowest BCUT2D eigenvalue weighted by molar-refractivity contribution is 0.136. The Hall–Kier alpha value is 0.270. The number of likely N-dealkylation sites (tertiary alicyclic amines) is 1. The maximum absolute atomic E-state index is 3.63. The number of piperidine rings is 1. The van der Waals surface area contributed by atoms with Gasteiger partial charge in [-0.15, -0.1) is 0 Å². The van der Waals surface area contributed by atoms with E-state index in [1.807, 2.05) is 0 Å². The van der Waals surface area contributed by atoms with Gasteiger partial charge in [0.05, 0.1) is 0 Å². The van der Waals surface area contributed by atoms with Crippen molar-refractivity contribution >= 4 is 11.8 Å². The standard InChI is InChI=1S/C13H26N2S/c1-11-7-12(2)9-15(8-11)5-3-13-10-16-6-4-14-13/h11-14H,3-10H2,1-2H3. The van der Waals surface area contributed by atoms with Crippen LogP contribution in [0.1, 0.15) is 26.7 Å². The molecule has 2 heterocycles. The molecular weight excluding hydrogens is 216 g/mol. The molecule has 2 rings (SSSR count). The number of nitrogens with one attached hydrogen (secondary N) is 1. The average Bonchev–Trinajstić information content (AvgIpc) is 2.27. The van der Waals surface area contributed by atoms with E-state index in [4.69, 9.17) is 0 Å². The summed E-state index contributed by atoms with van der Waals surface area (Å²) in [5.41, 5.74) is 0. The molecule has 2 nitrogen and oxygen atoms in total. The monoisotopic (exact) mass is 242 g/mol. The maximum atomic E-state index is 3.63. The molecule has 3 atom stereocenters. The van der Waals surface area contributed by atoms with Crippen molar-refractivity contribution in [2.75, 3.05) is 37.7 Å². The Labute approximate surface area is 105 Å². The van der Waals surface area contributed by atoms with E-state index in [9.17, 15) is 0 Å². The van der Waals surface area contributed by atoms with Crippen LogP contribution in [0.4, 0.5) is 0 Å². The van der Waals surface area contributed by atoms with Crippen LogP contribution in [0.2, 0.25) is 0 Å². The second-order valence-corrected chi connectivity index (χ2v) is 6.87. The van der Waals surface area contributed by atoms with Crippen molar-refractivity contribution in [1.82, 2.24) is 10.2 Å². The van der Waals surface area contributed by atoms with Crippen LogP contribution in [0.3, 0.4) is 0 Å². The number of rotatable bonds is 3. The van der Waals surface area contributed by atoms with Crippen LogP contribution >= 0.6 is 11.8 Å². The molecule has 0 aromatic rings. The largest absolute Gasteiger partial charge is 0.312 e. The van der Waals surface area contributed by atoms with Crippen LogP contribution < -0.4 is 5.32 Å². The lowest BCUT2D eigenvalue weighted by atomic mass is 9.92. The molecule has 2 saturated heterocycles.